The molecule has 1 saturated heterocycles. The fourth-order valence-electron chi connectivity index (χ4n) is 3.36. The third kappa shape index (κ3) is 5.52. The molecule has 1 amide bonds. The van der Waals surface area contributed by atoms with Gasteiger partial charge in [0.2, 0.25) is 5.91 Å². The van der Waals surface area contributed by atoms with Crippen LogP contribution in [0.5, 0.6) is 0 Å². The monoisotopic (exact) mass is 364 g/mol. The Morgan fingerprint density at radius 3 is 2.44 bits per heavy atom. The molecule has 0 saturated carbocycles. The molecule has 2 aromatic rings. The van der Waals surface area contributed by atoms with E-state index in [1.165, 1.54) is 11.1 Å². The quantitative estimate of drug-likeness (QED) is 0.797. The molecule has 1 heterocycles. The topological polar surface area (TPSA) is 41.6 Å². The Balaban J connectivity index is 1.68. The number of rotatable bonds is 6. The summed E-state index contributed by atoms with van der Waals surface area (Å²) in [5.74, 6) is -0.0540. The molecular weight excluding hydrogens is 336 g/mol. The molecule has 0 aromatic heterocycles. The molecule has 27 heavy (non-hydrogen) atoms. The van der Waals surface area contributed by atoms with Gasteiger partial charge in [0.25, 0.3) is 0 Å². The van der Waals surface area contributed by atoms with Gasteiger partial charge in [-0.2, -0.15) is 0 Å². The van der Waals surface area contributed by atoms with Gasteiger partial charge in [0, 0.05) is 25.7 Å². The number of carbonyl (C=O) groups excluding carboxylic acids is 1. The average molecular weight is 364 g/mol. The molecule has 4 nitrogen and oxygen atoms in total. The molecular formula is C23H28N2O2. The lowest BCUT2D eigenvalue weighted by atomic mass is 10.0. The highest BCUT2D eigenvalue weighted by Crippen LogP contribution is 2.22. The van der Waals surface area contributed by atoms with Gasteiger partial charge >= 0.3 is 0 Å². The van der Waals surface area contributed by atoms with Crippen molar-refractivity contribution >= 4 is 11.5 Å². The summed E-state index contributed by atoms with van der Waals surface area (Å²) in [6.45, 7) is 7.88. The van der Waals surface area contributed by atoms with Crippen LogP contribution in [0.25, 0.3) is 5.57 Å². The Kier molecular flexibility index (Phi) is 6.80. The minimum absolute atomic E-state index is 0.0540. The standard InChI is InChI=1S/C23H28N2O2/c1-18-8-10-21(11-9-18)22(25-12-14-27-15-13-25)17-24-23(26)16-19(2)20-6-4-3-5-7-20/h3-11,16,22H,12-15,17H2,1-2H3,(H,24,26)/b19-16+. The van der Waals surface area contributed by atoms with Gasteiger partial charge in [-0.15, -0.1) is 0 Å². The Morgan fingerprint density at radius 1 is 1.11 bits per heavy atom. The lowest BCUT2D eigenvalue weighted by Gasteiger charge is -2.35. The van der Waals surface area contributed by atoms with E-state index in [4.69, 9.17) is 4.74 Å². The van der Waals surface area contributed by atoms with Crippen LogP contribution in [-0.4, -0.2) is 43.7 Å². The van der Waals surface area contributed by atoms with E-state index in [1.807, 2.05) is 37.3 Å². The van der Waals surface area contributed by atoms with Gasteiger partial charge in [0.1, 0.15) is 0 Å². The predicted octanol–water partition coefficient (Wildman–Crippen LogP) is 3.59. The van der Waals surface area contributed by atoms with Crippen LogP contribution in [0.4, 0.5) is 0 Å². The van der Waals surface area contributed by atoms with E-state index in [2.05, 4.69) is 41.4 Å². The summed E-state index contributed by atoms with van der Waals surface area (Å²) in [7, 11) is 0. The van der Waals surface area contributed by atoms with E-state index in [9.17, 15) is 4.79 Å². The first kappa shape index (κ1) is 19.3. The summed E-state index contributed by atoms with van der Waals surface area (Å²) in [6, 6.07) is 18.7. The average Bonchev–Trinajstić information content (AvgIpc) is 2.71. The fraction of sp³-hybridized carbons (Fsp3) is 0.348. The Bertz CT molecular complexity index is 763. The highest BCUT2D eigenvalue weighted by atomic mass is 16.5. The molecule has 4 heteroatoms. The largest absolute Gasteiger partial charge is 0.379 e. The second kappa shape index (κ2) is 9.49. The Morgan fingerprint density at radius 2 is 1.78 bits per heavy atom. The van der Waals surface area contributed by atoms with E-state index in [-0.39, 0.29) is 11.9 Å². The third-order valence-corrected chi connectivity index (χ3v) is 4.99. The molecule has 0 bridgehead atoms. The lowest BCUT2D eigenvalue weighted by molar-refractivity contribution is -0.116. The Hall–Kier alpha value is -2.43. The molecule has 142 valence electrons. The van der Waals surface area contributed by atoms with Gasteiger partial charge < -0.3 is 10.1 Å². The van der Waals surface area contributed by atoms with Crippen molar-refractivity contribution in [2.24, 2.45) is 0 Å². The normalized spacial score (nSPS) is 16.7. The van der Waals surface area contributed by atoms with Gasteiger partial charge in [-0.1, -0.05) is 60.2 Å². The number of allylic oxidation sites excluding steroid dienone is 1. The van der Waals surface area contributed by atoms with Crippen LogP contribution in [0.15, 0.2) is 60.7 Å². The minimum Gasteiger partial charge on any atom is -0.379 e. The predicted molar refractivity (Wildman–Crippen MR) is 109 cm³/mol. The lowest BCUT2D eigenvalue weighted by Crippen LogP contribution is -2.43. The molecule has 1 N–H and O–H groups in total. The molecule has 0 radical (unpaired) electrons. The van der Waals surface area contributed by atoms with Crippen LogP contribution < -0.4 is 5.32 Å². The van der Waals surface area contributed by atoms with Gasteiger partial charge in [-0.3, -0.25) is 9.69 Å². The van der Waals surface area contributed by atoms with E-state index in [0.717, 1.165) is 37.4 Å². The first-order valence-corrected chi connectivity index (χ1v) is 9.53. The van der Waals surface area contributed by atoms with Crippen LogP contribution in [-0.2, 0) is 9.53 Å². The molecule has 1 aliphatic heterocycles. The number of aryl methyl sites for hydroxylation is 1. The van der Waals surface area contributed by atoms with Gasteiger partial charge in [-0.05, 0) is 30.5 Å². The van der Waals surface area contributed by atoms with Crippen molar-refractivity contribution in [2.75, 3.05) is 32.8 Å². The SMILES string of the molecule is C/C(=C\C(=O)NCC(c1ccc(C)cc1)N1CCOCC1)c1ccccc1. The zero-order valence-corrected chi connectivity index (χ0v) is 16.2. The van der Waals surface area contributed by atoms with Gasteiger partial charge in [-0.25, -0.2) is 0 Å². The Labute approximate surface area is 161 Å². The smallest absolute Gasteiger partial charge is 0.244 e. The number of ether oxygens (including phenoxy) is 1. The van der Waals surface area contributed by atoms with Crippen LogP contribution in [0.1, 0.15) is 29.7 Å². The zero-order valence-electron chi connectivity index (χ0n) is 16.2. The zero-order chi connectivity index (χ0) is 19.1. The maximum absolute atomic E-state index is 12.5. The number of amides is 1. The summed E-state index contributed by atoms with van der Waals surface area (Å²) in [5.41, 5.74) is 4.50. The number of benzene rings is 2. The molecule has 2 aromatic carbocycles. The third-order valence-electron chi connectivity index (χ3n) is 4.99. The maximum Gasteiger partial charge on any atom is 0.244 e. The summed E-state index contributed by atoms with van der Waals surface area (Å²) >= 11 is 0. The first-order chi connectivity index (χ1) is 13.1. The molecule has 1 fully saturated rings. The molecule has 1 atom stereocenters. The summed E-state index contributed by atoms with van der Waals surface area (Å²) in [5, 5.41) is 3.10. The minimum atomic E-state index is -0.0540. The van der Waals surface area contributed by atoms with Crippen molar-refractivity contribution in [1.29, 1.82) is 0 Å². The molecule has 3 rings (SSSR count). The number of nitrogens with one attached hydrogen (secondary N) is 1. The van der Waals surface area contributed by atoms with E-state index in [0.29, 0.717) is 6.54 Å². The van der Waals surface area contributed by atoms with Crippen LogP contribution in [0.2, 0.25) is 0 Å². The second-order valence-corrected chi connectivity index (χ2v) is 7.01. The first-order valence-electron chi connectivity index (χ1n) is 9.53. The fourth-order valence-corrected chi connectivity index (χ4v) is 3.36. The van der Waals surface area contributed by atoms with Crippen molar-refractivity contribution in [1.82, 2.24) is 10.2 Å². The second-order valence-electron chi connectivity index (χ2n) is 7.01. The van der Waals surface area contributed by atoms with Gasteiger partial charge in [0.05, 0.1) is 19.3 Å². The highest BCUT2D eigenvalue weighted by Gasteiger charge is 2.22. The van der Waals surface area contributed by atoms with Crippen molar-refractivity contribution in [3.05, 3.63) is 77.4 Å². The van der Waals surface area contributed by atoms with Crippen LogP contribution in [0.3, 0.4) is 0 Å². The summed E-state index contributed by atoms with van der Waals surface area (Å²) in [6.07, 6.45) is 1.68. The molecule has 1 unspecified atom stereocenters. The van der Waals surface area contributed by atoms with E-state index >= 15 is 0 Å². The summed E-state index contributed by atoms with van der Waals surface area (Å²) in [4.78, 5) is 14.9. The van der Waals surface area contributed by atoms with Crippen molar-refractivity contribution < 1.29 is 9.53 Å². The number of hydrogen-bond donors (Lipinski definition) is 1. The van der Waals surface area contributed by atoms with Crippen molar-refractivity contribution in [3.63, 3.8) is 0 Å². The van der Waals surface area contributed by atoms with E-state index in [1.54, 1.807) is 6.08 Å². The molecule has 0 aliphatic carbocycles. The molecule has 1 aliphatic rings. The highest BCUT2D eigenvalue weighted by molar-refractivity contribution is 5.94. The van der Waals surface area contributed by atoms with Gasteiger partial charge in [0.15, 0.2) is 0 Å². The number of hydrogen-bond acceptors (Lipinski definition) is 3. The number of carbonyl (C=O) groups is 1. The van der Waals surface area contributed by atoms with Crippen LogP contribution >= 0.6 is 0 Å². The van der Waals surface area contributed by atoms with Crippen molar-refractivity contribution in [3.8, 4) is 0 Å². The number of nitrogens with zero attached hydrogens (tertiary/aromatic N) is 1. The van der Waals surface area contributed by atoms with Crippen molar-refractivity contribution in [2.45, 2.75) is 19.9 Å². The van der Waals surface area contributed by atoms with Crippen LogP contribution in [0, 0.1) is 6.92 Å². The van der Waals surface area contributed by atoms with E-state index < -0.39 is 0 Å². The maximum atomic E-state index is 12.5. The number of morpholine rings is 1. The molecule has 0 spiro atoms. The summed E-state index contributed by atoms with van der Waals surface area (Å²) < 4.78 is 5.49.